The molecule has 41 heavy (non-hydrogen) atoms. The quantitative estimate of drug-likeness (QED) is 0.208. The average molecular weight is 540 g/mol. The largest absolute Gasteiger partial charge is 0.494 e. The standard InChI is InChI=1S/C38H33BO2/c1-37(2)38(3,4)41-39(40-37)36-24-34(32-15-14-27-12-8-9-13-28(27)20-32)23-35(25-36)33-19-18-30-21-29(16-17-31(30)22-33)26-10-6-5-7-11-26/h5-25H,1-4H3/i8D,9D,12D,13D,14D,15D,20D. The maximum Gasteiger partial charge on any atom is 0.494 e. The topological polar surface area (TPSA) is 18.5 Å². The molecule has 0 saturated carbocycles. The second-order valence-electron chi connectivity index (χ2n) is 11.6. The Labute approximate surface area is 252 Å². The Kier molecular flexibility index (Phi) is 4.52. The van der Waals surface area contributed by atoms with Gasteiger partial charge in [0.15, 0.2) is 0 Å². The van der Waals surface area contributed by atoms with Crippen molar-refractivity contribution in [2.75, 3.05) is 0 Å². The third-order valence-corrected chi connectivity index (χ3v) is 8.30. The molecular formula is C38H33BO2. The van der Waals surface area contributed by atoms with Gasteiger partial charge in [-0.2, -0.15) is 0 Å². The van der Waals surface area contributed by atoms with Gasteiger partial charge in [-0.3, -0.25) is 0 Å². The second kappa shape index (κ2) is 9.73. The van der Waals surface area contributed by atoms with Crippen molar-refractivity contribution in [2.24, 2.45) is 0 Å². The zero-order valence-electron chi connectivity index (χ0n) is 30.5. The molecule has 0 radical (unpaired) electrons. The van der Waals surface area contributed by atoms with E-state index in [4.69, 9.17) is 17.5 Å². The monoisotopic (exact) mass is 539 g/mol. The number of rotatable bonds is 4. The molecule has 7 rings (SSSR count). The Morgan fingerprint density at radius 2 is 1.10 bits per heavy atom. The van der Waals surface area contributed by atoms with Crippen LogP contribution < -0.4 is 5.46 Å². The maximum atomic E-state index is 9.19. The van der Waals surface area contributed by atoms with E-state index in [0.717, 1.165) is 33.0 Å². The molecule has 6 aromatic carbocycles. The van der Waals surface area contributed by atoms with Gasteiger partial charge >= 0.3 is 7.12 Å². The predicted octanol–water partition coefficient (Wildman–Crippen LogP) is 9.29. The zero-order chi connectivity index (χ0) is 34.3. The van der Waals surface area contributed by atoms with E-state index < -0.39 is 42.5 Å². The van der Waals surface area contributed by atoms with Crippen molar-refractivity contribution >= 4 is 34.1 Å². The van der Waals surface area contributed by atoms with E-state index in [1.54, 1.807) is 6.07 Å². The maximum absolute atomic E-state index is 9.19. The Morgan fingerprint density at radius 3 is 1.76 bits per heavy atom. The van der Waals surface area contributed by atoms with E-state index in [2.05, 4.69) is 42.5 Å². The molecular weight excluding hydrogens is 499 g/mol. The molecule has 0 spiro atoms. The van der Waals surface area contributed by atoms with Crippen LogP contribution in [0.15, 0.2) is 127 Å². The van der Waals surface area contributed by atoms with Crippen LogP contribution in [0, 0.1) is 0 Å². The van der Waals surface area contributed by atoms with Crippen molar-refractivity contribution in [2.45, 2.75) is 38.9 Å². The lowest BCUT2D eigenvalue weighted by atomic mass is 9.76. The summed E-state index contributed by atoms with van der Waals surface area (Å²) in [6.45, 7) is 7.88. The zero-order valence-corrected chi connectivity index (χ0v) is 23.5. The summed E-state index contributed by atoms with van der Waals surface area (Å²) in [5.74, 6) is 0. The molecule has 0 N–H and O–H groups in total. The van der Waals surface area contributed by atoms with Gasteiger partial charge in [-0.1, -0.05) is 103 Å². The van der Waals surface area contributed by atoms with E-state index in [0.29, 0.717) is 11.0 Å². The van der Waals surface area contributed by atoms with Gasteiger partial charge < -0.3 is 9.31 Å². The molecule has 3 heteroatoms. The number of fused-ring (bicyclic) bond motifs is 2. The molecule has 0 unspecified atom stereocenters. The summed E-state index contributed by atoms with van der Waals surface area (Å²) in [6, 6.07) is 25.7. The van der Waals surface area contributed by atoms with Gasteiger partial charge in [-0.05, 0) is 112 Å². The third kappa shape index (κ3) is 4.76. The van der Waals surface area contributed by atoms with Crippen LogP contribution in [-0.2, 0) is 9.31 Å². The molecule has 1 fully saturated rings. The van der Waals surface area contributed by atoms with Gasteiger partial charge in [0.2, 0.25) is 0 Å². The van der Waals surface area contributed by atoms with Gasteiger partial charge in [0, 0.05) is 0 Å². The summed E-state index contributed by atoms with van der Waals surface area (Å²) >= 11 is 0. The molecule has 0 atom stereocenters. The molecule has 2 nitrogen and oxygen atoms in total. The van der Waals surface area contributed by atoms with E-state index >= 15 is 0 Å². The molecule has 1 saturated heterocycles. The second-order valence-corrected chi connectivity index (χ2v) is 11.6. The molecule has 0 aromatic heterocycles. The van der Waals surface area contributed by atoms with Gasteiger partial charge in [0.25, 0.3) is 0 Å². The summed E-state index contributed by atoms with van der Waals surface area (Å²) in [7, 11) is -0.751. The first-order valence-corrected chi connectivity index (χ1v) is 13.8. The first-order chi connectivity index (χ1) is 22.7. The highest BCUT2D eigenvalue weighted by Gasteiger charge is 2.51. The number of benzene rings is 6. The van der Waals surface area contributed by atoms with Crippen molar-refractivity contribution in [3.05, 3.63) is 127 Å². The van der Waals surface area contributed by atoms with E-state index in [-0.39, 0.29) is 34.5 Å². The van der Waals surface area contributed by atoms with Gasteiger partial charge in [0.05, 0.1) is 20.8 Å². The molecule has 0 amide bonds. The van der Waals surface area contributed by atoms with Crippen molar-refractivity contribution < 1.29 is 18.9 Å². The van der Waals surface area contributed by atoms with E-state index in [9.17, 15) is 1.37 Å². The first-order valence-electron chi connectivity index (χ1n) is 17.3. The lowest BCUT2D eigenvalue weighted by Crippen LogP contribution is -2.41. The fraction of sp³-hybridized carbons (Fsp3) is 0.158. The van der Waals surface area contributed by atoms with Gasteiger partial charge in [-0.25, -0.2) is 0 Å². The summed E-state index contributed by atoms with van der Waals surface area (Å²) < 4.78 is 73.2. The predicted molar refractivity (Wildman–Crippen MR) is 173 cm³/mol. The Bertz CT molecular complexity index is 2270. The average Bonchev–Trinajstić information content (AvgIpc) is 3.30. The SMILES string of the molecule is [2H]c1c([2H])c([2H])c2c([2H])c(-c3cc(B4OC(C)(C)C(C)(C)O4)cc(-c4ccc5cc(-c6ccccc6)ccc5c4)c3)c([2H])c([2H])c2c1[2H]. The fourth-order valence-corrected chi connectivity index (χ4v) is 5.24. The smallest absolute Gasteiger partial charge is 0.399 e. The first kappa shape index (κ1) is 19.0. The molecule has 0 bridgehead atoms. The van der Waals surface area contributed by atoms with Crippen molar-refractivity contribution in [1.29, 1.82) is 0 Å². The summed E-state index contributed by atoms with van der Waals surface area (Å²) in [6.07, 6.45) is 0. The van der Waals surface area contributed by atoms with E-state index in [1.807, 2.05) is 64.1 Å². The summed E-state index contributed by atoms with van der Waals surface area (Å²) in [5.41, 5.74) is 3.92. The lowest BCUT2D eigenvalue weighted by Gasteiger charge is -2.32. The van der Waals surface area contributed by atoms with Crippen LogP contribution in [0.2, 0.25) is 0 Å². The molecule has 1 heterocycles. The Balaban J connectivity index is 1.44. The van der Waals surface area contributed by atoms with Gasteiger partial charge in [-0.15, -0.1) is 0 Å². The summed E-state index contributed by atoms with van der Waals surface area (Å²) in [4.78, 5) is 0. The van der Waals surface area contributed by atoms with Crippen LogP contribution >= 0.6 is 0 Å². The highest BCUT2D eigenvalue weighted by Crippen LogP contribution is 2.38. The lowest BCUT2D eigenvalue weighted by molar-refractivity contribution is 0.00578. The summed E-state index contributed by atoms with van der Waals surface area (Å²) in [5, 5.41) is 1.89. The minimum Gasteiger partial charge on any atom is -0.399 e. The molecule has 1 aliphatic heterocycles. The third-order valence-electron chi connectivity index (χ3n) is 8.30. The van der Waals surface area contributed by atoms with Crippen LogP contribution in [0.3, 0.4) is 0 Å². The number of hydrogen-bond donors (Lipinski definition) is 0. The minimum absolute atomic E-state index is 0.0838. The van der Waals surface area contributed by atoms with Crippen molar-refractivity contribution in [3.8, 4) is 33.4 Å². The Morgan fingerprint density at radius 1 is 0.512 bits per heavy atom. The highest BCUT2D eigenvalue weighted by molar-refractivity contribution is 6.62. The molecule has 200 valence electrons. The molecule has 6 aromatic rings. The highest BCUT2D eigenvalue weighted by atomic mass is 16.7. The molecule has 1 aliphatic rings. The molecule has 0 aliphatic carbocycles. The normalized spacial score (nSPS) is 18.3. The van der Waals surface area contributed by atoms with Crippen LogP contribution in [0.4, 0.5) is 0 Å². The van der Waals surface area contributed by atoms with Crippen LogP contribution in [-0.4, -0.2) is 18.3 Å². The van der Waals surface area contributed by atoms with Crippen molar-refractivity contribution in [1.82, 2.24) is 0 Å². The Hall–Kier alpha value is -4.18. The minimum atomic E-state index is -0.751. The van der Waals surface area contributed by atoms with Gasteiger partial charge in [0.1, 0.15) is 0 Å². The van der Waals surface area contributed by atoms with Crippen molar-refractivity contribution in [3.63, 3.8) is 0 Å². The fourth-order valence-electron chi connectivity index (χ4n) is 5.24. The van der Waals surface area contributed by atoms with Crippen LogP contribution in [0.1, 0.15) is 37.3 Å². The number of hydrogen-bond acceptors (Lipinski definition) is 2. The van der Waals surface area contributed by atoms with E-state index in [1.165, 1.54) is 0 Å². The van der Waals surface area contributed by atoms with Crippen LogP contribution in [0.25, 0.3) is 54.9 Å². The van der Waals surface area contributed by atoms with Crippen LogP contribution in [0.5, 0.6) is 0 Å².